The molecule has 1 aliphatic heterocycles. The van der Waals surface area contributed by atoms with Crippen LogP contribution >= 0.6 is 11.6 Å². The SMILES string of the molecule is COc1cccc(N2CCN(Cc3c(C)nn(C)c3Cl)CC2)c1. The van der Waals surface area contributed by atoms with E-state index in [1.165, 1.54) is 5.69 Å². The molecule has 0 N–H and O–H groups in total. The molecule has 2 heterocycles. The number of methoxy groups -OCH3 is 1. The summed E-state index contributed by atoms with van der Waals surface area (Å²) in [6.45, 7) is 6.93. The highest BCUT2D eigenvalue weighted by atomic mass is 35.5. The van der Waals surface area contributed by atoms with E-state index in [9.17, 15) is 0 Å². The maximum atomic E-state index is 6.34. The van der Waals surface area contributed by atoms with E-state index in [-0.39, 0.29) is 0 Å². The summed E-state index contributed by atoms with van der Waals surface area (Å²) in [5.41, 5.74) is 3.39. The molecule has 0 atom stereocenters. The van der Waals surface area contributed by atoms with E-state index in [1.807, 2.05) is 26.1 Å². The molecule has 0 amide bonds. The van der Waals surface area contributed by atoms with Crippen LogP contribution in [0.4, 0.5) is 5.69 Å². The fourth-order valence-corrected chi connectivity index (χ4v) is 3.28. The van der Waals surface area contributed by atoms with Crippen molar-refractivity contribution in [1.29, 1.82) is 0 Å². The summed E-state index contributed by atoms with van der Waals surface area (Å²) in [7, 11) is 3.59. The van der Waals surface area contributed by atoms with Crippen LogP contribution in [0, 0.1) is 6.92 Å². The van der Waals surface area contributed by atoms with Gasteiger partial charge in [-0.3, -0.25) is 9.58 Å². The second-order valence-electron chi connectivity index (χ2n) is 5.94. The van der Waals surface area contributed by atoms with Gasteiger partial charge in [0.1, 0.15) is 10.9 Å². The largest absolute Gasteiger partial charge is 0.497 e. The molecule has 0 radical (unpaired) electrons. The molecule has 5 nitrogen and oxygen atoms in total. The van der Waals surface area contributed by atoms with Gasteiger partial charge < -0.3 is 9.64 Å². The Balaban J connectivity index is 1.62. The molecule has 3 rings (SSSR count). The zero-order valence-corrected chi connectivity index (χ0v) is 14.7. The van der Waals surface area contributed by atoms with Crippen LogP contribution in [0.25, 0.3) is 0 Å². The number of benzene rings is 1. The van der Waals surface area contributed by atoms with Crippen molar-refractivity contribution in [2.75, 3.05) is 38.2 Å². The first kappa shape index (κ1) is 16.1. The molecule has 23 heavy (non-hydrogen) atoms. The van der Waals surface area contributed by atoms with E-state index < -0.39 is 0 Å². The lowest BCUT2D eigenvalue weighted by Crippen LogP contribution is -2.46. The maximum Gasteiger partial charge on any atom is 0.131 e. The molecule has 6 heteroatoms. The highest BCUT2D eigenvalue weighted by molar-refractivity contribution is 6.30. The third-order valence-corrected chi connectivity index (χ3v) is 4.92. The molecular weight excluding hydrogens is 312 g/mol. The van der Waals surface area contributed by atoms with Gasteiger partial charge in [-0.25, -0.2) is 0 Å². The summed E-state index contributed by atoms with van der Waals surface area (Å²) in [4.78, 5) is 4.84. The first-order valence-electron chi connectivity index (χ1n) is 7.88. The van der Waals surface area contributed by atoms with Gasteiger partial charge in [0.2, 0.25) is 0 Å². The molecular formula is C17H23ClN4O. The Morgan fingerprint density at radius 1 is 1.22 bits per heavy atom. The topological polar surface area (TPSA) is 33.5 Å². The van der Waals surface area contributed by atoms with Crippen LogP contribution in [0.1, 0.15) is 11.3 Å². The first-order chi connectivity index (χ1) is 11.1. The average molecular weight is 335 g/mol. The Labute approximate surface area is 142 Å². The molecule has 0 unspecified atom stereocenters. The monoisotopic (exact) mass is 334 g/mol. The maximum absolute atomic E-state index is 6.34. The number of piperazine rings is 1. The second-order valence-corrected chi connectivity index (χ2v) is 6.30. The van der Waals surface area contributed by atoms with E-state index in [0.29, 0.717) is 0 Å². The smallest absolute Gasteiger partial charge is 0.131 e. The Hall–Kier alpha value is -1.72. The minimum Gasteiger partial charge on any atom is -0.497 e. The molecule has 1 fully saturated rings. The Bertz CT molecular complexity index is 677. The van der Waals surface area contributed by atoms with E-state index >= 15 is 0 Å². The summed E-state index contributed by atoms with van der Waals surface area (Å²) in [6, 6.07) is 8.25. The van der Waals surface area contributed by atoms with Gasteiger partial charge in [0.25, 0.3) is 0 Å². The fourth-order valence-electron chi connectivity index (χ4n) is 3.05. The van der Waals surface area contributed by atoms with E-state index in [0.717, 1.165) is 54.9 Å². The van der Waals surface area contributed by atoms with Crippen LogP contribution in [0.2, 0.25) is 5.15 Å². The molecule has 0 bridgehead atoms. The van der Waals surface area contributed by atoms with E-state index in [1.54, 1.807) is 11.8 Å². The van der Waals surface area contributed by atoms with Crippen LogP contribution in [-0.4, -0.2) is 48.0 Å². The van der Waals surface area contributed by atoms with Gasteiger partial charge in [0, 0.05) is 57.1 Å². The number of nitrogens with zero attached hydrogens (tertiary/aromatic N) is 4. The number of hydrogen-bond acceptors (Lipinski definition) is 4. The summed E-state index contributed by atoms with van der Waals surface area (Å²) >= 11 is 6.34. The van der Waals surface area contributed by atoms with Gasteiger partial charge in [-0.2, -0.15) is 5.10 Å². The second kappa shape index (κ2) is 6.81. The Morgan fingerprint density at radius 2 is 1.96 bits per heavy atom. The Kier molecular flexibility index (Phi) is 4.78. The summed E-state index contributed by atoms with van der Waals surface area (Å²) in [5.74, 6) is 0.905. The van der Waals surface area contributed by atoms with Crippen molar-refractivity contribution in [2.45, 2.75) is 13.5 Å². The van der Waals surface area contributed by atoms with E-state index in [4.69, 9.17) is 16.3 Å². The van der Waals surface area contributed by atoms with Crippen molar-refractivity contribution in [3.8, 4) is 5.75 Å². The van der Waals surface area contributed by atoms with Crippen molar-refractivity contribution in [2.24, 2.45) is 7.05 Å². The van der Waals surface area contributed by atoms with Crippen molar-refractivity contribution < 1.29 is 4.74 Å². The van der Waals surface area contributed by atoms with Crippen LogP contribution in [0.15, 0.2) is 24.3 Å². The number of ether oxygens (including phenoxy) is 1. The third kappa shape index (κ3) is 3.46. The highest BCUT2D eigenvalue weighted by Crippen LogP contribution is 2.24. The fraction of sp³-hybridized carbons (Fsp3) is 0.471. The number of rotatable bonds is 4. The van der Waals surface area contributed by atoms with Crippen molar-refractivity contribution in [3.05, 3.63) is 40.7 Å². The lowest BCUT2D eigenvalue weighted by Gasteiger charge is -2.36. The Morgan fingerprint density at radius 3 is 2.57 bits per heavy atom. The van der Waals surface area contributed by atoms with Crippen molar-refractivity contribution >= 4 is 17.3 Å². The van der Waals surface area contributed by atoms with Gasteiger partial charge >= 0.3 is 0 Å². The standard InChI is InChI=1S/C17H23ClN4O/c1-13-16(17(18)20(2)19-13)12-21-7-9-22(10-8-21)14-5-4-6-15(11-14)23-3/h4-6,11H,7-10,12H2,1-3H3. The lowest BCUT2D eigenvalue weighted by atomic mass is 10.2. The lowest BCUT2D eigenvalue weighted by molar-refractivity contribution is 0.249. The summed E-state index contributed by atoms with van der Waals surface area (Å²) in [6.07, 6.45) is 0. The van der Waals surface area contributed by atoms with Crippen LogP contribution < -0.4 is 9.64 Å². The van der Waals surface area contributed by atoms with Crippen LogP contribution in [0.5, 0.6) is 5.75 Å². The molecule has 124 valence electrons. The van der Waals surface area contributed by atoms with Gasteiger partial charge in [0.05, 0.1) is 12.8 Å². The quantitative estimate of drug-likeness (QED) is 0.861. The van der Waals surface area contributed by atoms with E-state index in [2.05, 4.69) is 27.0 Å². The van der Waals surface area contributed by atoms with Crippen LogP contribution in [-0.2, 0) is 13.6 Å². The first-order valence-corrected chi connectivity index (χ1v) is 8.25. The minimum atomic E-state index is 0.748. The summed E-state index contributed by atoms with van der Waals surface area (Å²) in [5, 5.41) is 5.14. The number of halogens is 1. The van der Waals surface area contributed by atoms with Gasteiger partial charge in [-0.05, 0) is 19.1 Å². The molecule has 0 aliphatic carbocycles. The average Bonchev–Trinajstić information content (AvgIpc) is 2.82. The molecule has 1 aromatic heterocycles. The van der Waals surface area contributed by atoms with Gasteiger partial charge in [-0.1, -0.05) is 17.7 Å². The van der Waals surface area contributed by atoms with Crippen LogP contribution in [0.3, 0.4) is 0 Å². The highest BCUT2D eigenvalue weighted by Gasteiger charge is 2.20. The van der Waals surface area contributed by atoms with Crippen molar-refractivity contribution in [1.82, 2.24) is 14.7 Å². The number of hydrogen-bond donors (Lipinski definition) is 0. The summed E-state index contributed by atoms with van der Waals surface area (Å²) < 4.78 is 7.06. The number of aryl methyl sites for hydroxylation is 2. The van der Waals surface area contributed by atoms with Gasteiger partial charge in [-0.15, -0.1) is 0 Å². The molecule has 0 saturated carbocycles. The van der Waals surface area contributed by atoms with Crippen molar-refractivity contribution in [3.63, 3.8) is 0 Å². The molecule has 1 saturated heterocycles. The molecule has 2 aromatic rings. The number of anilines is 1. The van der Waals surface area contributed by atoms with Gasteiger partial charge in [0.15, 0.2) is 0 Å². The minimum absolute atomic E-state index is 0.748. The molecule has 1 aliphatic rings. The predicted octanol–water partition coefficient (Wildman–Crippen LogP) is 2.71. The third-order valence-electron chi connectivity index (χ3n) is 4.44. The molecule has 0 spiro atoms. The zero-order chi connectivity index (χ0) is 16.4. The number of aromatic nitrogens is 2. The zero-order valence-electron chi connectivity index (χ0n) is 13.9. The predicted molar refractivity (Wildman–Crippen MR) is 93.4 cm³/mol. The molecule has 1 aromatic carbocycles. The normalized spacial score (nSPS) is 15.9.